The number of aliphatic hydroxyl groups is 1. The molecule has 5 rings (SSSR count). The summed E-state index contributed by atoms with van der Waals surface area (Å²) in [6.07, 6.45) is 14.0. The van der Waals surface area contributed by atoms with E-state index in [1.165, 1.54) is 63.4 Å². The fourth-order valence-corrected chi connectivity index (χ4v) is 11.1. The van der Waals surface area contributed by atoms with Crippen LogP contribution in [0.5, 0.6) is 0 Å². The van der Waals surface area contributed by atoms with Crippen molar-refractivity contribution < 1.29 is 9.90 Å². The topological polar surface area (TPSA) is 37.3 Å². The Morgan fingerprint density at radius 3 is 2.33 bits per heavy atom. The summed E-state index contributed by atoms with van der Waals surface area (Å²) in [5.74, 6) is 3.80. The lowest BCUT2D eigenvalue weighted by Gasteiger charge is -2.62. The first kappa shape index (κ1) is 24.1. The minimum atomic E-state index is -0.102. The number of ketones is 1. The molecule has 5 saturated carbocycles. The standard InChI is InChI=1S/C31H50O2/c1-20(22(3)18-32)8-9-21(2)23-12-14-29(7)25-11-10-24-27(4,5)26(33)13-15-30(24)19-31(25,30)17-16-28(23,29)6/h21-25,32H,1,8-19H2,2-7H3/t21-,22?,23-,24+,25+,28-,29+,30-,31+/m1/s1. The number of hydrogen-bond donors (Lipinski definition) is 1. The quantitative estimate of drug-likeness (QED) is 0.420. The van der Waals surface area contributed by atoms with Gasteiger partial charge in [-0.2, -0.15) is 0 Å². The second-order valence-corrected chi connectivity index (χ2v) is 14.6. The second-order valence-electron chi connectivity index (χ2n) is 14.6. The van der Waals surface area contributed by atoms with Gasteiger partial charge in [0, 0.05) is 18.4 Å². The summed E-state index contributed by atoms with van der Waals surface area (Å²) >= 11 is 0. The highest BCUT2D eigenvalue weighted by Crippen LogP contribution is 2.88. The molecule has 0 aromatic rings. The van der Waals surface area contributed by atoms with Crippen molar-refractivity contribution in [2.45, 2.75) is 112 Å². The Hall–Kier alpha value is -0.630. The maximum absolute atomic E-state index is 12.9. The van der Waals surface area contributed by atoms with Crippen molar-refractivity contribution in [3.63, 3.8) is 0 Å². The molecule has 33 heavy (non-hydrogen) atoms. The molecular weight excluding hydrogens is 404 g/mol. The summed E-state index contributed by atoms with van der Waals surface area (Å²) < 4.78 is 0. The third-order valence-corrected chi connectivity index (χ3v) is 13.5. The Morgan fingerprint density at radius 1 is 0.970 bits per heavy atom. The van der Waals surface area contributed by atoms with Crippen molar-refractivity contribution in [3.8, 4) is 0 Å². The van der Waals surface area contributed by atoms with Gasteiger partial charge in [0.05, 0.1) is 0 Å². The maximum atomic E-state index is 12.9. The van der Waals surface area contributed by atoms with Crippen molar-refractivity contribution in [3.05, 3.63) is 12.2 Å². The number of Topliss-reactive ketones (excluding diaryl/α,β-unsaturated/α-hetero) is 1. The van der Waals surface area contributed by atoms with E-state index in [0.29, 0.717) is 33.4 Å². The van der Waals surface area contributed by atoms with Crippen LogP contribution in [0.15, 0.2) is 12.2 Å². The fourth-order valence-electron chi connectivity index (χ4n) is 11.1. The van der Waals surface area contributed by atoms with Crippen LogP contribution in [-0.4, -0.2) is 17.5 Å². The van der Waals surface area contributed by atoms with Crippen LogP contribution in [0.25, 0.3) is 0 Å². The molecule has 0 bridgehead atoms. The van der Waals surface area contributed by atoms with E-state index in [2.05, 4.69) is 48.1 Å². The molecule has 5 aliphatic rings. The van der Waals surface area contributed by atoms with Gasteiger partial charge in [-0.25, -0.2) is 0 Å². The molecule has 5 aliphatic carbocycles. The van der Waals surface area contributed by atoms with Gasteiger partial charge >= 0.3 is 0 Å². The highest BCUT2D eigenvalue weighted by molar-refractivity contribution is 5.86. The Kier molecular flexibility index (Phi) is 5.43. The van der Waals surface area contributed by atoms with E-state index in [0.717, 1.165) is 30.6 Å². The van der Waals surface area contributed by atoms with Gasteiger partial charge in [-0.05, 0) is 115 Å². The molecule has 0 aromatic carbocycles. The molecule has 0 aliphatic heterocycles. The normalized spacial score (nSPS) is 49.3. The molecule has 0 amide bonds. The molecule has 0 aromatic heterocycles. The Bertz CT molecular complexity index is 842. The highest BCUT2D eigenvalue weighted by atomic mass is 16.3. The summed E-state index contributed by atoms with van der Waals surface area (Å²) in [4.78, 5) is 12.9. The van der Waals surface area contributed by atoms with Gasteiger partial charge in [-0.15, -0.1) is 0 Å². The van der Waals surface area contributed by atoms with Gasteiger partial charge in [0.2, 0.25) is 0 Å². The lowest BCUT2D eigenvalue weighted by Crippen LogP contribution is -2.57. The van der Waals surface area contributed by atoms with Gasteiger partial charge in [-0.1, -0.05) is 53.7 Å². The molecule has 1 N–H and O–H groups in total. The predicted molar refractivity (Wildman–Crippen MR) is 136 cm³/mol. The van der Waals surface area contributed by atoms with Crippen LogP contribution in [0.3, 0.4) is 0 Å². The summed E-state index contributed by atoms with van der Waals surface area (Å²) in [6, 6.07) is 0. The molecular formula is C31H50O2. The van der Waals surface area contributed by atoms with E-state index in [4.69, 9.17) is 0 Å². The Morgan fingerprint density at radius 2 is 1.64 bits per heavy atom. The molecule has 0 heterocycles. The summed E-state index contributed by atoms with van der Waals surface area (Å²) in [5.41, 5.74) is 3.06. The first-order valence-electron chi connectivity index (χ1n) is 14.2. The Labute approximate surface area is 203 Å². The molecule has 0 radical (unpaired) electrons. The van der Waals surface area contributed by atoms with Gasteiger partial charge in [0.15, 0.2) is 0 Å². The van der Waals surface area contributed by atoms with Crippen molar-refractivity contribution in [2.24, 2.45) is 56.7 Å². The zero-order chi connectivity index (χ0) is 24.0. The van der Waals surface area contributed by atoms with Crippen molar-refractivity contribution >= 4 is 5.78 Å². The van der Waals surface area contributed by atoms with Crippen molar-refractivity contribution in [1.82, 2.24) is 0 Å². The zero-order valence-corrected chi connectivity index (χ0v) is 22.4. The third kappa shape index (κ3) is 2.91. The SMILES string of the molecule is C=C(CC[C@@H](C)[C@H]1CC[C@@]2(C)[C@@H]3CC[C@H]4C(C)(C)C(=O)CC[C@@]45C[C@@]35CC[C@]12C)C(C)CO. The fraction of sp³-hybridized carbons (Fsp3) is 0.903. The van der Waals surface area contributed by atoms with Crippen LogP contribution in [0.1, 0.15) is 112 Å². The molecule has 2 heteroatoms. The number of carbonyl (C=O) groups is 1. The first-order chi connectivity index (χ1) is 15.4. The minimum absolute atomic E-state index is 0.102. The van der Waals surface area contributed by atoms with Gasteiger partial charge in [0.1, 0.15) is 5.78 Å². The lowest BCUT2D eigenvalue weighted by molar-refractivity contribution is -0.157. The van der Waals surface area contributed by atoms with Crippen LogP contribution < -0.4 is 0 Å². The molecule has 2 spiro atoms. The minimum Gasteiger partial charge on any atom is -0.396 e. The van der Waals surface area contributed by atoms with Crippen LogP contribution in [0, 0.1) is 56.7 Å². The van der Waals surface area contributed by atoms with E-state index in [1.54, 1.807) is 0 Å². The third-order valence-electron chi connectivity index (χ3n) is 13.5. The molecule has 0 saturated heterocycles. The molecule has 2 nitrogen and oxygen atoms in total. The molecule has 5 fully saturated rings. The predicted octanol–water partition coefficient (Wildman–Crippen LogP) is 7.60. The number of aliphatic hydroxyl groups excluding tert-OH is 1. The maximum Gasteiger partial charge on any atom is 0.138 e. The summed E-state index contributed by atoms with van der Waals surface area (Å²) in [6.45, 7) is 19.0. The average molecular weight is 455 g/mol. The van der Waals surface area contributed by atoms with E-state index in [-0.39, 0.29) is 17.9 Å². The van der Waals surface area contributed by atoms with E-state index >= 15 is 0 Å². The van der Waals surface area contributed by atoms with Crippen LogP contribution in [0.2, 0.25) is 0 Å². The zero-order valence-electron chi connectivity index (χ0n) is 22.4. The Balaban J connectivity index is 1.37. The largest absolute Gasteiger partial charge is 0.396 e. The molecule has 1 unspecified atom stereocenters. The van der Waals surface area contributed by atoms with Gasteiger partial charge < -0.3 is 5.11 Å². The van der Waals surface area contributed by atoms with Gasteiger partial charge in [-0.3, -0.25) is 4.79 Å². The smallest absolute Gasteiger partial charge is 0.138 e. The van der Waals surface area contributed by atoms with Crippen LogP contribution in [0.4, 0.5) is 0 Å². The second kappa shape index (κ2) is 7.44. The summed E-state index contributed by atoms with van der Waals surface area (Å²) in [5, 5.41) is 9.50. The van der Waals surface area contributed by atoms with E-state index < -0.39 is 0 Å². The van der Waals surface area contributed by atoms with Gasteiger partial charge in [0.25, 0.3) is 0 Å². The number of rotatable bonds is 6. The number of fused-ring (bicyclic) bond motifs is 2. The van der Waals surface area contributed by atoms with Crippen LogP contribution in [-0.2, 0) is 4.79 Å². The number of carbonyl (C=O) groups excluding carboxylic acids is 1. The monoisotopic (exact) mass is 454 g/mol. The highest BCUT2D eigenvalue weighted by Gasteiger charge is 2.82. The average Bonchev–Trinajstić information content (AvgIpc) is 3.36. The van der Waals surface area contributed by atoms with Crippen molar-refractivity contribution in [1.29, 1.82) is 0 Å². The van der Waals surface area contributed by atoms with Crippen molar-refractivity contribution in [2.75, 3.05) is 6.61 Å². The van der Waals surface area contributed by atoms with E-state index in [9.17, 15) is 9.90 Å². The first-order valence-corrected chi connectivity index (χ1v) is 14.2. The summed E-state index contributed by atoms with van der Waals surface area (Å²) in [7, 11) is 0. The van der Waals surface area contributed by atoms with Crippen LogP contribution >= 0.6 is 0 Å². The van der Waals surface area contributed by atoms with E-state index in [1.807, 2.05) is 0 Å². The molecule has 9 atom stereocenters. The number of hydrogen-bond acceptors (Lipinski definition) is 2. The molecule has 186 valence electrons. The lowest BCUT2D eigenvalue weighted by atomic mass is 9.42.